The van der Waals surface area contributed by atoms with E-state index in [2.05, 4.69) is 0 Å². The maximum Gasteiger partial charge on any atom is 0.295 e. The Morgan fingerprint density at radius 2 is 1.94 bits per heavy atom. The Balaban J connectivity index is 1.76. The lowest BCUT2D eigenvalue weighted by Crippen LogP contribution is -2.33. The molecule has 0 saturated carbocycles. The van der Waals surface area contributed by atoms with Crippen LogP contribution < -0.4 is 4.74 Å². The van der Waals surface area contributed by atoms with E-state index in [0.29, 0.717) is 12.2 Å². The van der Waals surface area contributed by atoms with Gasteiger partial charge in [0.15, 0.2) is 0 Å². The van der Waals surface area contributed by atoms with E-state index in [1.165, 1.54) is 4.90 Å². The van der Waals surface area contributed by atoms with E-state index in [0.717, 1.165) is 23.3 Å². The predicted molar refractivity (Wildman–Crippen MR) is 117 cm³/mol. The average molecular weight is 421 g/mol. The van der Waals surface area contributed by atoms with Crippen LogP contribution in [-0.4, -0.2) is 47.1 Å². The molecule has 2 unspecified atom stereocenters. The molecule has 0 bridgehead atoms. The van der Waals surface area contributed by atoms with Gasteiger partial charge in [0.1, 0.15) is 17.6 Å². The minimum atomic E-state index is -0.680. The number of aliphatic hydroxyl groups excluding tert-OH is 1. The summed E-state index contributed by atoms with van der Waals surface area (Å²) < 4.78 is 11.4. The maximum absolute atomic E-state index is 13.0. The number of Topliss-reactive ketones (excluding diaryl/α,β-unsaturated/α-hetero) is 1. The highest BCUT2D eigenvalue weighted by atomic mass is 16.5. The van der Waals surface area contributed by atoms with Crippen molar-refractivity contribution >= 4 is 17.4 Å². The number of carbonyl (C=O) groups is 2. The Labute approximate surface area is 182 Å². The molecule has 6 nitrogen and oxygen atoms in total. The zero-order chi connectivity index (χ0) is 22.1. The Morgan fingerprint density at radius 3 is 2.65 bits per heavy atom. The van der Waals surface area contributed by atoms with Crippen LogP contribution in [0.3, 0.4) is 0 Å². The minimum absolute atomic E-state index is 0.0167. The first-order valence-corrected chi connectivity index (χ1v) is 10.6. The molecular weight excluding hydrogens is 394 g/mol. The number of fused-ring (bicyclic) bond motifs is 1. The second-order valence-corrected chi connectivity index (χ2v) is 8.28. The number of aliphatic hydroxyl groups is 1. The van der Waals surface area contributed by atoms with Crippen LogP contribution in [0, 0.1) is 0 Å². The van der Waals surface area contributed by atoms with E-state index < -0.39 is 17.7 Å². The Kier molecular flexibility index (Phi) is 5.83. The number of hydrogen-bond acceptors (Lipinski definition) is 5. The van der Waals surface area contributed by atoms with Gasteiger partial charge in [-0.15, -0.1) is 0 Å². The minimum Gasteiger partial charge on any atom is -0.507 e. The Bertz CT molecular complexity index is 1030. The first-order chi connectivity index (χ1) is 14.9. The third-order valence-corrected chi connectivity index (χ3v) is 5.61. The number of likely N-dealkylation sites (tertiary alicyclic amines) is 1. The number of ether oxygens (including phenoxy) is 2. The van der Waals surface area contributed by atoms with E-state index in [9.17, 15) is 14.7 Å². The number of amides is 1. The van der Waals surface area contributed by atoms with Crippen molar-refractivity contribution in [2.45, 2.75) is 45.4 Å². The summed E-state index contributed by atoms with van der Waals surface area (Å²) in [5, 5.41) is 11.2. The Morgan fingerprint density at radius 1 is 1.19 bits per heavy atom. The van der Waals surface area contributed by atoms with Gasteiger partial charge in [-0.1, -0.05) is 30.3 Å². The van der Waals surface area contributed by atoms with Crippen LogP contribution >= 0.6 is 0 Å². The molecule has 2 heterocycles. The molecule has 6 heteroatoms. The van der Waals surface area contributed by atoms with Crippen LogP contribution in [-0.2, 0) is 20.7 Å². The van der Waals surface area contributed by atoms with E-state index in [-0.39, 0.29) is 30.1 Å². The molecule has 31 heavy (non-hydrogen) atoms. The first-order valence-electron chi connectivity index (χ1n) is 10.6. The number of ketones is 1. The van der Waals surface area contributed by atoms with Crippen molar-refractivity contribution in [3.8, 4) is 5.75 Å². The normalized spacial score (nSPS) is 22.1. The van der Waals surface area contributed by atoms with E-state index >= 15 is 0 Å². The maximum atomic E-state index is 13.0. The summed E-state index contributed by atoms with van der Waals surface area (Å²) in [7, 11) is 0. The molecule has 2 aliphatic rings. The van der Waals surface area contributed by atoms with E-state index in [1.807, 2.05) is 57.2 Å². The number of benzene rings is 2. The molecule has 2 aromatic rings. The highest BCUT2D eigenvalue weighted by Crippen LogP contribution is 2.40. The van der Waals surface area contributed by atoms with Crippen molar-refractivity contribution in [2.75, 3.05) is 13.2 Å². The summed E-state index contributed by atoms with van der Waals surface area (Å²) >= 11 is 0. The second-order valence-electron chi connectivity index (χ2n) is 8.28. The van der Waals surface area contributed by atoms with Crippen molar-refractivity contribution in [1.82, 2.24) is 4.90 Å². The smallest absolute Gasteiger partial charge is 0.295 e. The fraction of sp³-hybridized carbons (Fsp3) is 0.360. The van der Waals surface area contributed by atoms with E-state index in [4.69, 9.17) is 9.47 Å². The monoisotopic (exact) mass is 421 g/mol. The summed E-state index contributed by atoms with van der Waals surface area (Å²) in [6, 6.07) is 14.0. The molecule has 0 spiro atoms. The number of nitrogens with zero attached hydrogens (tertiary/aromatic N) is 1. The molecule has 1 saturated heterocycles. The third kappa shape index (κ3) is 4.08. The number of hydrogen-bond donors (Lipinski definition) is 1. The molecule has 2 aromatic carbocycles. The summed E-state index contributed by atoms with van der Waals surface area (Å²) in [5.41, 5.74) is 2.36. The van der Waals surface area contributed by atoms with Gasteiger partial charge in [-0.25, -0.2) is 0 Å². The summed E-state index contributed by atoms with van der Waals surface area (Å²) in [4.78, 5) is 27.4. The zero-order valence-corrected chi connectivity index (χ0v) is 18.0. The molecule has 4 rings (SSSR count). The SMILES string of the molecule is CC(C)OCCN1C(=O)C(=O)/C(=C(\O)c2ccc3c(c2)CC(C)O3)C1c1ccccc1. The van der Waals surface area contributed by atoms with Gasteiger partial charge in [0, 0.05) is 18.5 Å². The third-order valence-electron chi connectivity index (χ3n) is 5.61. The molecule has 0 aromatic heterocycles. The fourth-order valence-corrected chi connectivity index (χ4v) is 4.20. The highest BCUT2D eigenvalue weighted by Gasteiger charge is 2.45. The van der Waals surface area contributed by atoms with Crippen LogP contribution in [0.25, 0.3) is 5.76 Å². The van der Waals surface area contributed by atoms with E-state index in [1.54, 1.807) is 12.1 Å². The van der Waals surface area contributed by atoms with Gasteiger partial charge < -0.3 is 19.5 Å². The lowest BCUT2D eigenvalue weighted by atomic mass is 9.94. The molecule has 1 N–H and O–H groups in total. The lowest BCUT2D eigenvalue weighted by Gasteiger charge is -2.25. The van der Waals surface area contributed by atoms with Crippen LogP contribution in [0.15, 0.2) is 54.1 Å². The van der Waals surface area contributed by atoms with Gasteiger partial charge in [0.2, 0.25) is 0 Å². The molecular formula is C25H27NO5. The first kappa shape index (κ1) is 21.1. The topological polar surface area (TPSA) is 76.1 Å². The van der Waals surface area contributed by atoms with Gasteiger partial charge in [0.05, 0.1) is 24.3 Å². The summed E-state index contributed by atoms with van der Waals surface area (Å²) in [5.74, 6) is -0.682. The van der Waals surface area contributed by atoms with Gasteiger partial charge in [-0.05, 0) is 50.1 Å². The molecule has 0 aliphatic carbocycles. The molecule has 162 valence electrons. The van der Waals surface area contributed by atoms with Gasteiger partial charge >= 0.3 is 0 Å². The lowest BCUT2D eigenvalue weighted by molar-refractivity contribution is -0.140. The predicted octanol–water partition coefficient (Wildman–Crippen LogP) is 3.86. The molecule has 1 amide bonds. The van der Waals surface area contributed by atoms with Gasteiger partial charge in [0.25, 0.3) is 11.7 Å². The van der Waals surface area contributed by atoms with Crippen molar-refractivity contribution < 1.29 is 24.2 Å². The van der Waals surface area contributed by atoms with Crippen LogP contribution in [0.2, 0.25) is 0 Å². The largest absolute Gasteiger partial charge is 0.507 e. The van der Waals surface area contributed by atoms with Crippen molar-refractivity contribution in [3.63, 3.8) is 0 Å². The number of rotatable bonds is 6. The molecule has 1 fully saturated rings. The second kappa shape index (κ2) is 8.55. The van der Waals surface area contributed by atoms with Crippen LogP contribution in [0.1, 0.15) is 43.5 Å². The number of carbonyl (C=O) groups excluding carboxylic acids is 2. The summed E-state index contributed by atoms with van der Waals surface area (Å²) in [6.07, 6.45) is 0.825. The van der Waals surface area contributed by atoms with Crippen LogP contribution in [0.5, 0.6) is 5.75 Å². The molecule has 2 aliphatic heterocycles. The molecule has 0 radical (unpaired) electrons. The van der Waals surface area contributed by atoms with Gasteiger partial charge in [-0.2, -0.15) is 0 Å². The van der Waals surface area contributed by atoms with Crippen molar-refractivity contribution in [3.05, 3.63) is 70.8 Å². The van der Waals surface area contributed by atoms with Crippen LogP contribution in [0.4, 0.5) is 0 Å². The standard InChI is InChI=1S/C25H27NO5/c1-15(2)30-12-11-26-22(17-7-5-4-6-8-17)21(24(28)25(26)29)23(27)18-9-10-20-19(14-18)13-16(3)31-20/h4-10,14-16,22,27H,11-13H2,1-3H3/b23-21-. The highest BCUT2D eigenvalue weighted by molar-refractivity contribution is 6.46. The average Bonchev–Trinajstić information content (AvgIpc) is 3.24. The summed E-state index contributed by atoms with van der Waals surface area (Å²) in [6.45, 7) is 6.39. The van der Waals surface area contributed by atoms with Crippen molar-refractivity contribution in [2.24, 2.45) is 0 Å². The fourth-order valence-electron chi connectivity index (χ4n) is 4.20. The quantitative estimate of drug-likeness (QED) is 0.436. The Hall–Kier alpha value is -3.12. The molecule has 2 atom stereocenters. The van der Waals surface area contributed by atoms with Gasteiger partial charge in [-0.3, -0.25) is 9.59 Å². The zero-order valence-electron chi connectivity index (χ0n) is 18.0. The van der Waals surface area contributed by atoms with Crippen molar-refractivity contribution in [1.29, 1.82) is 0 Å².